The monoisotopic (exact) mass is 381 g/mol. The number of guanidine groups is 1. The Kier molecular flexibility index (Phi) is 7.49. The van der Waals surface area contributed by atoms with Crippen LogP contribution in [0, 0.1) is 0 Å². The van der Waals surface area contributed by atoms with Crippen LogP contribution in [0.4, 0.5) is 0 Å². The molecule has 1 heterocycles. The molecular formula is C12H20IN3OS. The van der Waals surface area contributed by atoms with Crippen LogP contribution in [0.5, 0.6) is 0 Å². The van der Waals surface area contributed by atoms with Crippen molar-refractivity contribution in [2.45, 2.75) is 19.4 Å². The van der Waals surface area contributed by atoms with Gasteiger partial charge in [0.25, 0.3) is 0 Å². The Labute approximate surface area is 129 Å². The quantitative estimate of drug-likeness (QED) is 0.317. The maximum atomic E-state index is 10.2. The van der Waals surface area contributed by atoms with Gasteiger partial charge < -0.3 is 16.2 Å². The molecule has 0 saturated carbocycles. The third-order valence-electron chi connectivity index (χ3n) is 2.27. The van der Waals surface area contributed by atoms with Crippen molar-refractivity contribution in [2.75, 3.05) is 13.1 Å². The Balaban J connectivity index is 0.00000289. The lowest BCUT2D eigenvalue weighted by Gasteiger charge is -2.20. The maximum Gasteiger partial charge on any atom is 0.188 e. The lowest BCUT2D eigenvalue weighted by atomic mass is 10.00. The SMILES string of the molecule is C=C(C)CNC(N)=NCC(C)(O)c1ccsc1.I. The zero-order valence-corrected chi connectivity index (χ0v) is 13.8. The van der Waals surface area contributed by atoms with Crippen molar-refractivity contribution in [3.05, 3.63) is 34.5 Å². The van der Waals surface area contributed by atoms with E-state index in [0.29, 0.717) is 12.5 Å². The fourth-order valence-corrected chi connectivity index (χ4v) is 1.98. The van der Waals surface area contributed by atoms with Crippen molar-refractivity contribution in [1.82, 2.24) is 5.32 Å². The first-order valence-electron chi connectivity index (χ1n) is 5.35. The lowest BCUT2D eigenvalue weighted by Crippen LogP contribution is -2.35. The molecule has 1 atom stereocenters. The molecule has 0 aromatic carbocycles. The summed E-state index contributed by atoms with van der Waals surface area (Å²) >= 11 is 1.55. The van der Waals surface area contributed by atoms with Crippen molar-refractivity contribution < 1.29 is 5.11 Å². The topological polar surface area (TPSA) is 70.6 Å². The van der Waals surface area contributed by atoms with Gasteiger partial charge in [0, 0.05) is 6.54 Å². The first-order chi connectivity index (χ1) is 7.92. The van der Waals surface area contributed by atoms with E-state index in [9.17, 15) is 5.11 Å². The first kappa shape index (κ1) is 17.4. The van der Waals surface area contributed by atoms with E-state index in [1.54, 1.807) is 18.3 Å². The van der Waals surface area contributed by atoms with Gasteiger partial charge in [-0.3, -0.25) is 4.99 Å². The van der Waals surface area contributed by atoms with E-state index in [1.807, 2.05) is 23.8 Å². The van der Waals surface area contributed by atoms with Gasteiger partial charge in [-0.2, -0.15) is 11.3 Å². The zero-order chi connectivity index (χ0) is 12.9. The van der Waals surface area contributed by atoms with E-state index in [4.69, 9.17) is 5.73 Å². The number of hydrogen-bond acceptors (Lipinski definition) is 3. The van der Waals surface area contributed by atoms with Crippen molar-refractivity contribution in [3.8, 4) is 0 Å². The molecule has 0 aliphatic rings. The number of nitrogens with two attached hydrogens (primary N) is 1. The highest BCUT2D eigenvalue weighted by Crippen LogP contribution is 2.22. The van der Waals surface area contributed by atoms with Gasteiger partial charge >= 0.3 is 0 Å². The summed E-state index contributed by atoms with van der Waals surface area (Å²) in [6.07, 6.45) is 0. The van der Waals surface area contributed by atoms with E-state index < -0.39 is 5.60 Å². The number of nitrogens with one attached hydrogen (secondary N) is 1. The number of aliphatic imine (C=N–C) groups is 1. The molecule has 6 heteroatoms. The molecule has 0 radical (unpaired) electrons. The number of aliphatic hydroxyl groups is 1. The number of halogens is 1. The summed E-state index contributed by atoms with van der Waals surface area (Å²) < 4.78 is 0. The third-order valence-corrected chi connectivity index (χ3v) is 2.95. The minimum Gasteiger partial charge on any atom is -0.383 e. The van der Waals surface area contributed by atoms with Gasteiger partial charge in [0.1, 0.15) is 5.60 Å². The molecule has 0 bridgehead atoms. The predicted molar refractivity (Wildman–Crippen MR) is 88.6 cm³/mol. The lowest BCUT2D eigenvalue weighted by molar-refractivity contribution is 0.0678. The second-order valence-corrected chi connectivity index (χ2v) is 5.08. The molecule has 18 heavy (non-hydrogen) atoms. The van der Waals surface area contributed by atoms with Crippen LogP contribution in [-0.4, -0.2) is 24.2 Å². The molecule has 1 aromatic rings. The number of nitrogens with zero attached hydrogens (tertiary/aromatic N) is 1. The van der Waals surface area contributed by atoms with Gasteiger partial charge in [-0.1, -0.05) is 12.2 Å². The van der Waals surface area contributed by atoms with Gasteiger partial charge in [-0.15, -0.1) is 24.0 Å². The van der Waals surface area contributed by atoms with Gasteiger partial charge in [-0.25, -0.2) is 0 Å². The molecule has 0 aliphatic carbocycles. The van der Waals surface area contributed by atoms with Gasteiger partial charge in [0.15, 0.2) is 5.96 Å². The first-order valence-corrected chi connectivity index (χ1v) is 6.29. The predicted octanol–water partition coefficient (Wildman–Crippen LogP) is 2.05. The molecule has 0 amide bonds. The molecule has 102 valence electrons. The summed E-state index contributed by atoms with van der Waals surface area (Å²) in [6.45, 7) is 8.21. The smallest absolute Gasteiger partial charge is 0.188 e. The molecule has 1 rings (SSSR count). The number of rotatable bonds is 5. The summed E-state index contributed by atoms with van der Waals surface area (Å²) in [5, 5.41) is 17.0. The summed E-state index contributed by atoms with van der Waals surface area (Å²) in [6, 6.07) is 1.89. The molecule has 0 aliphatic heterocycles. The van der Waals surface area contributed by atoms with Crippen molar-refractivity contribution in [2.24, 2.45) is 10.7 Å². The number of thiophene rings is 1. The maximum absolute atomic E-state index is 10.2. The molecule has 1 aromatic heterocycles. The highest BCUT2D eigenvalue weighted by molar-refractivity contribution is 14.0. The van der Waals surface area contributed by atoms with Crippen LogP contribution in [-0.2, 0) is 5.60 Å². The molecule has 4 N–H and O–H groups in total. The van der Waals surface area contributed by atoms with Crippen LogP contribution >= 0.6 is 35.3 Å². The average molecular weight is 381 g/mol. The Morgan fingerprint density at radius 3 is 2.83 bits per heavy atom. The van der Waals surface area contributed by atoms with E-state index in [1.165, 1.54) is 0 Å². The van der Waals surface area contributed by atoms with E-state index in [2.05, 4.69) is 16.9 Å². The largest absolute Gasteiger partial charge is 0.383 e. The normalized spacial score (nSPS) is 14.5. The zero-order valence-electron chi connectivity index (χ0n) is 10.6. The minimum absolute atomic E-state index is 0. The van der Waals surface area contributed by atoms with Crippen molar-refractivity contribution in [3.63, 3.8) is 0 Å². The Morgan fingerprint density at radius 1 is 1.67 bits per heavy atom. The van der Waals surface area contributed by atoms with E-state index >= 15 is 0 Å². The molecule has 0 saturated heterocycles. The Bertz CT molecular complexity index is 401. The fraction of sp³-hybridized carbons (Fsp3) is 0.417. The summed E-state index contributed by atoms with van der Waals surface area (Å²) in [5.41, 5.74) is 6.53. The third kappa shape index (κ3) is 5.83. The van der Waals surface area contributed by atoms with Crippen LogP contribution in [0.25, 0.3) is 0 Å². The summed E-state index contributed by atoms with van der Waals surface area (Å²) in [4.78, 5) is 4.12. The van der Waals surface area contributed by atoms with Crippen molar-refractivity contribution >= 4 is 41.3 Å². The highest BCUT2D eigenvalue weighted by Gasteiger charge is 2.22. The molecule has 0 spiro atoms. The number of hydrogen-bond donors (Lipinski definition) is 3. The van der Waals surface area contributed by atoms with Crippen LogP contribution in [0.2, 0.25) is 0 Å². The molecule has 1 unspecified atom stereocenters. The average Bonchev–Trinajstić information content (AvgIpc) is 2.77. The van der Waals surface area contributed by atoms with Gasteiger partial charge in [0.05, 0.1) is 6.54 Å². The molecule has 0 fully saturated rings. The highest BCUT2D eigenvalue weighted by atomic mass is 127. The Morgan fingerprint density at radius 2 is 2.33 bits per heavy atom. The minimum atomic E-state index is -0.977. The van der Waals surface area contributed by atoms with E-state index in [0.717, 1.165) is 11.1 Å². The Hall–Kier alpha value is -0.600. The fourth-order valence-electron chi connectivity index (χ4n) is 1.20. The standard InChI is InChI=1S/C12H19N3OS.HI/c1-9(2)6-14-11(13)15-8-12(3,16)10-4-5-17-7-10;/h4-5,7,16H,1,6,8H2,2-3H3,(H3,13,14,15);1H. The molecule has 4 nitrogen and oxygen atoms in total. The second-order valence-electron chi connectivity index (χ2n) is 4.30. The van der Waals surface area contributed by atoms with Gasteiger partial charge in [0.2, 0.25) is 0 Å². The van der Waals surface area contributed by atoms with E-state index in [-0.39, 0.29) is 30.5 Å². The van der Waals surface area contributed by atoms with Crippen LogP contribution < -0.4 is 11.1 Å². The summed E-state index contributed by atoms with van der Waals surface area (Å²) in [7, 11) is 0. The molecular weight excluding hydrogens is 361 g/mol. The van der Waals surface area contributed by atoms with Crippen LogP contribution in [0.15, 0.2) is 34.0 Å². The van der Waals surface area contributed by atoms with Crippen molar-refractivity contribution in [1.29, 1.82) is 0 Å². The second kappa shape index (κ2) is 7.75. The van der Waals surface area contributed by atoms with Crippen LogP contribution in [0.3, 0.4) is 0 Å². The van der Waals surface area contributed by atoms with Crippen LogP contribution in [0.1, 0.15) is 19.4 Å². The van der Waals surface area contributed by atoms with Gasteiger partial charge in [-0.05, 0) is 36.2 Å². The summed E-state index contributed by atoms with van der Waals surface area (Å²) in [5.74, 6) is 0.323.